The van der Waals surface area contributed by atoms with Crippen molar-refractivity contribution in [2.75, 3.05) is 17.2 Å². The number of hydrogen-bond donors (Lipinski definition) is 2. The van der Waals surface area contributed by atoms with Gasteiger partial charge in [-0.1, -0.05) is 0 Å². The number of nitriles is 1. The molecule has 0 atom stereocenters. The first-order valence-electron chi connectivity index (χ1n) is 11.7. The van der Waals surface area contributed by atoms with Gasteiger partial charge in [-0.05, 0) is 36.4 Å². The number of anilines is 2. The average Bonchev–Trinajstić information content (AvgIpc) is 3.45. The Morgan fingerprint density at radius 1 is 0.900 bits per heavy atom. The molecule has 5 rings (SSSR count). The SMILES string of the molecule is N#Cc1cc2c(Oc3ccc(NC(=O)Nc4ccc(F)cc4F)cc3F)ccnc2cc1OCCn1nccn1. The fourth-order valence-corrected chi connectivity index (χ4v) is 3.70. The van der Waals surface area contributed by atoms with Gasteiger partial charge in [-0.25, -0.2) is 18.0 Å². The molecule has 2 aromatic heterocycles. The number of amides is 2. The molecule has 40 heavy (non-hydrogen) atoms. The van der Waals surface area contributed by atoms with E-state index in [-0.39, 0.29) is 35.0 Å². The summed E-state index contributed by atoms with van der Waals surface area (Å²) in [4.78, 5) is 17.9. The van der Waals surface area contributed by atoms with Crippen molar-refractivity contribution in [3.63, 3.8) is 0 Å². The van der Waals surface area contributed by atoms with E-state index in [1.165, 1.54) is 35.3 Å². The molecule has 0 radical (unpaired) electrons. The van der Waals surface area contributed by atoms with E-state index in [9.17, 15) is 23.2 Å². The van der Waals surface area contributed by atoms with Gasteiger partial charge in [0.05, 0.1) is 35.7 Å². The standard InChI is InChI=1S/C27H18F3N7O3/c28-17-1-3-22(20(29)12-17)36-27(38)35-18-2-4-25(21(30)13-18)40-24-5-6-32-23-14-26(16(15-31)11-19(23)24)39-10-9-37-33-7-8-34-37/h1-8,11-14H,9-10H2,(H2,35,36,38). The molecule has 0 bridgehead atoms. The second-order valence-corrected chi connectivity index (χ2v) is 8.21. The Bertz CT molecular complexity index is 1740. The van der Waals surface area contributed by atoms with Crippen LogP contribution >= 0.6 is 0 Å². The molecule has 0 saturated heterocycles. The number of benzene rings is 3. The lowest BCUT2D eigenvalue weighted by Crippen LogP contribution is -2.20. The summed E-state index contributed by atoms with van der Waals surface area (Å²) in [6.45, 7) is 0.592. The van der Waals surface area contributed by atoms with Gasteiger partial charge in [-0.15, -0.1) is 0 Å². The van der Waals surface area contributed by atoms with Crippen LogP contribution in [-0.4, -0.2) is 32.6 Å². The summed E-state index contributed by atoms with van der Waals surface area (Å²) < 4.78 is 53.2. The van der Waals surface area contributed by atoms with Gasteiger partial charge in [0.25, 0.3) is 0 Å². The highest BCUT2D eigenvalue weighted by Crippen LogP contribution is 2.34. The second-order valence-electron chi connectivity index (χ2n) is 8.21. The number of urea groups is 1. The molecule has 13 heteroatoms. The summed E-state index contributed by atoms with van der Waals surface area (Å²) in [7, 11) is 0. The van der Waals surface area contributed by atoms with Gasteiger partial charge in [0.2, 0.25) is 0 Å². The molecule has 0 unspecified atom stereocenters. The Kier molecular flexibility index (Phi) is 7.41. The van der Waals surface area contributed by atoms with Crippen molar-refractivity contribution in [2.45, 2.75) is 6.54 Å². The summed E-state index contributed by atoms with van der Waals surface area (Å²) in [5.41, 5.74) is 0.488. The van der Waals surface area contributed by atoms with Crippen molar-refractivity contribution < 1.29 is 27.4 Å². The number of pyridine rings is 1. The van der Waals surface area contributed by atoms with Crippen molar-refractivity contribution in [2.24, 2.45) is 0 Å². The number of nitrogens with one attached hydrogen (secondary N) is 2. The summed E-state index contributed by atoms with van der Waals surface area (Å²) >= 11 is 0. The quantitative estimate of drug-likeness (QED) is 0.259. The molecule has 0 spiro atoms. The third kappa shape index (κ3) is 5.91. The Labute approximate surface area is 224 Å². The largest absolute Gasteiger partial charge is 0.490 e. The van der Waals surface area contributed by atoms with Crippen molar-refractivity contribution >= 4 is 28.3 Å². The van der Waals surface area contributed by atoms with E-state index in [0.717, 1.165) is 18.2 Å². The van der Waals surface area contributed by atoms with Gasteiger partial charge in [0, 0.05) is 35.5 Å². The fourth-order valence-electron chi connectivity index (χ4n) is 3.70. The van der Waals surface area contributed by atoms with E-state index >= 15 is 0 Å². The van der Waals surface area contributed by atoms with Crippen molar-refractivity contribution in [1.29, 1.82) is 5.26 Å². The van der Waals surface area contributed by atoms with E-state index < -0.39 is 23.5 Å². The average molecular weight is 545 g/mol. The number of carbonyl (C=O) groups excluding carboxylic acids is 1. The van der Waals surface area contributed by atoms with Gasteiger partial charge >= 0.3 is 6.03 Å². The van der Waals surface area contributed by atoms with Gasteiger partial charge in [-0.3, -0.25) is 4.98 Å². The maximum absolute atomic E-state index is 14.9. The number of rotatable bonds is 8. The van der Waals surface area contributed by atoms with E-state index in [1.807, 2.05) is 0 Å². The van der Waals surface area contributed by atoms with Crippen LogP contribution in [0.3, 0.4) is 0 Å². The summed E-state index contributed by atoms with van der Waals surface area (Å²) in [6, 6.07) is 12.2. The second kappa shape index (κ2) is 11.4. The first-order valence-corrected chi connectivity index (χ1v) is 11.7. The molecule has 0 aliphatic carbocycles. The van der Waals surface area contributed by atoms with E-state index in [0.29, 0.717) is 29.3 Å². The van der Waals surface area contributed by atoms with Crippen LogP contribution in [0.2, 0.25) is 0 Å². The van der Waals surface area contributed by atoms with Crippen LogP contribution in [0.4, 0.5) is 29.3 Å². The zero-order valence-electron chi connectivity index (χ0n) is 20.4. The van der Waals surface area contributed by atoms with Crippen molar-refractivity contribution in [3.05, 3.63) is 96.2 Å². The number of nitrogens with zero attached hydrogens (tertiary/aromatic N) is 5. The highest BCUT2D eigenvalue weighted by Gasteiger charge is 2.15. The lowest BCUT2D eigenvalue weighted by molar-refractivity contribution is 0.262. The molecule has 2 heterocycles. The van der Waals surface area contributed by atoms with Crippen LogP contribution in [0.25, 0.3) is 10.9 Å². The zero-order chi connectivity index (χ0) is 28.1. The molecular weight excluding hydrogens is 527 g/mol. The molecule has 5 aromatic rings. The van der Waals surface area contributed by atoms with E-state index in [4.69, 9.17) is 9.47 Å². The van der Waals surface area contributed by atoms with Gasteiger partial charge in [-0.2, -0.15) is 20.3 Å². The number of hydrogen-bond acceptors (Lipinski definition) is 7. The molecular formula is C27H18F3N7O3. The van der Waals surface area contributed by atoms with Gasteiger partial charge < -0.3 is 20.1 Å². The Hall–Kier alpha value is -5.64. The molecule has 3 aromatic carbocycles. The minimum absolute atomic E-state index is 0.0586. The third-order valence-corrected chi connectivity index (χ3v) is 5.53. The molecule has 2 N–H and O–H groups in total. The molecule has 200 valence electrons. The zero-order valence-corrected chi connectivity index (χ0v) is 20.4. The van der Waals surface area contributed by atoms with Gasteiger partial charge in [0.1, 0.15) is 35.8 Å². The highest BCUT2D eigenvalue weighted by atomic mass is 19.1. The number of carbonyl (C=O) groups is 1. The molecule has 0 aliphatic heterocycles. The van der Waals surface area contributed by atoms with E-state index in [2.05, 4.69) is 31.9 Å². The van der Waals surface area contributed by atoms with Crippen LogP contribution in [0.1, 0.15) is 5.56 Å². The first-order chi connectivity index (χ1) is 19.4. The molecule has 10 nitrogen and oxygen atoms in total. The topological polar surface area (TPSA) is 127 Å². The van der Waals surface area contributed by atoms with Crippen LogP contribution < -0.4 is 20.1 Å². The molecule has 0 aliphatic rings. The van der Waals surface area contributed by atoms with E-state index in [1.54, 1.807) is 18.5 Å². The predicted molar refractivity (Wildman–Crippen MR) is 137 cm³/mol. The van der Waals surface area contributed by atoms with Crippen LogP contribution in [0.5, 0.6) is 17.2 Å². The first kappa shape index (κ1) is 26.0. The summed E-state index contributed by atoms with van der Waals surface area (Å²) in [5.74, 6) is -2.17. The molecule has 2 amide bonds. The summed E-state index contributed by atoms with van der Waals surface area (Å²) in [6.07, 6.45) is 4.56. The lowest BCUT2D eigenvalue weighted by Gasteiger charge is -2.13. The smallest absolute Gasteiger partial charge is 0.323 e. The summed E-state index contributed by atoms with van der Waals surface area (Å²) in [5, 5.41) is 22.7. The van der Waals surface area contributed by atoms with Crippen LogP contribution in [-0.2, 0) is 6.54 Å². The van der Waals surface area contributed by atoms with Crippen LogP contribution in [0, 0.1) is 28.8 Å². The maximum atomic E-state index is 14.9. The minimum atomic E-state index is -0.959. The monoisotopic (exact) mass is 545 g/mol. The fraction of sp³-hybridized carbons (Fsp3) is 0.0741. The highest BCUT2D eigenvalue weighted by molar-refractivity contribution is 5.99. The van der Waals surface area contributed by atoms with Gasteiger partial charge in [0.15, 0.2) is 11.6 Å². The number of halogens is 3. The molecule has 0 fully saturated rings. The van der Waals surface area contributed by atoms with Crippen molar-refractivity contribution in [3.8, 4) is 23.3 Å². The normalized spacial score (nSPS) is 10.7. The Morgan fingerprint density at radius 2 is 1.73 bits per heavy atom. The minimum Gasteiger partial charge on any atom is -0.490 e. The van der Waals surface area contributed by atoms with Crippen molar-refractivity contribution in [1.82, 2.24) is 20.0 Å². The predicted octanol–water partition coefficient (Wildman–Crippen LogP) is 5.63. The number of fused-ring (bicyclic) bond motifs is 1. The number of aromatic nitrogens is 4. The molecule has 0 saturated carbocycles. The number of ether oxygens (including phenoxy) is 2. The lowest BCUT2D eigenvalue weighted by atomic mass is 10.1. The Balaban J connectivity index is 1.30. The maximum Gasteiger partial charge on any atom is 0.323 e. The van der Waals surface area contributed by atoms with Crippen LogP contribution in [0.15, 0.2) is 73.2 Å². The Morgan fingerprint density at radius 3 is 2.48 bits per heavy atom. The third-order valence-electron chi connectivity index (χ3n) is 5.53.